The van der Waals surface area contributed by atoms with Gasteiger partial charge in [-0.25, -0.2) is 4.57 Å². The monoisotopic (exact) mass is 788 g/mol. The molecule has 9 heteroatoms. The Morgan fingerprint density at radius 1 is 0.611 bits per heavy atom. The Labute approximate surface area is 335 Å². The molecule has 0 aliphatic heterocycles. The molecule has 0 aromatic carbocycles. The molecular formula is C45H92N2O6P+. The lowest BCUT2D eigenvalue weighted by Crippen LogP contribution is -2.45. The van der Waals surface area contributed by atoms with Crippen LogP contribution in [0.15, 0.2) is 12.2 Å². The number of nitrogens with one attached hydrogen (secondary N) is 1. The predicted octanol–water partition coefficient (Wildman–Crippen LogP) is 12.8. The lowest BCUT2D eigenvalue weighted by molar-refractivity contribution is -0.870. The van der Waals surface area contributed by atoms with Gasteiger partial charge in [-0.2, -0.15) is 0 Å². The van der Waals surface area contributed by atoms with Gasteiger partial charge in [-0.1, -0.05) is 206 Å². The van der Waals surface area contributed by atoms with E-state index in [-0.39, 0.29) is 19.1 Å². The summed E-state index contributed by atoms with van der Waals surface area (Å²) in [5.74, 6) is -0.174. The van der Waals surface area contributed by atoms with Gasteiger partial charge in [0.05, 0.1) is 39.9 Å². The van der Waals surface area contributed by atoms with Crippen LogP contribution in [-0.4, -0.2) is 73.4 Å². The molecule has 0 bridgehead atoms. The van der Waals surface area contributed by atoms with E-state index >= 15 is 0 Å². The van der Waals surface area contributed by atoms with Crippen LogP contribution in [0.1, 0.15) is 219 Å². The van der Waals surface area contributed by atoms with Gasteiger partial charge < -0.3 is 19.8 Å². The first kappa shape index (κ1) is 53.2. The molecule has 0 aromatic heterocycles. The van der Waals surface area contributed by atoms with Crippen LogP contribution in [-0.2, 0) is 18.4 Å². The zero-order valence-corrected chi connectivity index (χ0v) is 37.4. The Bertz CT molecular complexity index is 896. The quantitative estimate of drug-likeness (QED) is 0.0246. The van der Waals surface area contributed by atoms with Crippen molar-refractivity contribution in [2.75, 3.05) is 40.9 Å². The normalized spacial score (nSPS) is 14.4. The maximum Gasteiger partial charge on any atom is 0.472 e. The average molecular weight is 788 g/mol. The summed E-state index contributed by atoms with van der Waals surface area (Å²) in [5, 5.41) is 13.8. The van der Waals surface area contributed by atoms with Gasteiger partial charge >= 0.3 is 7.82 Å². The SMILES string of the molecule is CCCCCCCCCCCCCCCCC/C=C/[C@@H](O)[C@H](COP(=O)(O)OCC[N+](C)(C)C)NC(=O)CCCCCCCCCCCCCCCCC. The number of likely N-dealkylation sites (N-methyl/N-ethyl adjacent to an activating group) is 1. The minimum absolute atomic E-state index is 0.0647. The molecule has 322 valence electrons. The number of hydrogen-bond acceptors (Lipinski definition) is 5. The van der Waals surface area contributed by atoms with Crippen molar-refractivity contribution in [2.45, 2.75) is 231 Å². The van der Waals surface area contributed by atoms with E-state index in [2.05, 4.69) is 19.2 Å². The second kappa shape index (κ2) is 37.8. The molecule has 8 nitrogen and oxygen atoms in total. The van der Waals surface area contributed by atoms with Crippen LogP contribution < -0.4 is 5.32 Å². The number of aliphatic hydroxyl groups is 1. The smallest absolute Gasteiger partial charge is 0.387 e. The number of rotatable bonds is 42. The fraction of sp³-hybridized carbons (Fsp3) is 0.933. The van der Waals surface area contributed by atoms with Crippen molar-refractivity contribution in [1.82, 2.24) is 5.32 Å². The van der Waals surface area contributed by atoms with E-state index in [1.54, 1.807) is 6.08 Å². The fourth-order valence-corrected chi connectivity index (χ4v) is 7.54. The van der Waals surface area contributed by atoms with Crippen molar-refractivity contribution in [3.05, 3.63) is 12.2 Å². The highest BCUT2D eigenvalue weighted by atomic mass is 31.2. The lowest BCUT2D eigenvalue weighted by atomic mass is 10.0. The summed E-state index contributed by atoms with van der Waals surface area (Å²) >= 11 is 0. The number of aliphatic hydroxyl groups excluding tert-OH is 1. The maximum atomic E-state index is 12.9. The third-order valence-corrected chi connectivity index (χ3v) is 11.5. The van der Waals surface area contributed by atoms with Crippen molar-refractivity contribution in [1.29, 1.82) is 0 Å². The molecule has 0 rings (SSSR count). The predicted molar refractivity (Wildman–Crippen MR) is 231 cm³/mol. The van der Waals surface area contributed by atoms with Gasteiger partial charge in [0.25, 0.3) is 0 Å². The Morgan fingerprint density at radius 2 is 0.981 bits per heavy atom. The van der Waals surface area contributed by atoms with Gasteiger partial charge in [-0.15, -0.1) is 0 Å². The molecule has 0 heterocycles. The van der Waals surface area contributed by atoms with Gasteiger partial charge in [0, 0.05) is 6.42 Å². The van der Waals surface area contributed by atoms with Gasteiger partial charge in [0.1, 0.15) is 13.2 Å². The van der Waals surface area contributed by atoms with E-state index in [0.29, 0.717) is 17.4 Å². The van der Waals surface area contributed by atoms with Gasteiger partial charge in [0.15, 0.2) is 0 Å². The van der Waals surface area contributed by atoms with Crippen LogP contribution in [0.2, 0.25) is 0 Å². The van der Waals surface area contributed by atoms with Crippen molar-refractivity contribution in [2.24, 2.45) is 0 Å². The molecule has 1 amide bonds. The van der Waals surface area contributed by atoms with Crippen LogP contribution in [0.5, 0.6) is 0 Å². The summed E-state index contributed by atoms with van der Waals surface area (Å²) < 4.78 is 23.6. The molecular weight excluding hydrogens is 695 g/mol. The van der Waals surface area contributed by atoms with Crippen molar-refractivity contribution in [3.8, 4) is 0 Å². The highest BCUT2D eigenvalue weighted by Crippen LogP contribution is 2.43. The number of amides is 1. The summed E-state index contributed by atoms with van der Waals surface area (Å²) in [7, 11) is 1.58. The molecule has 3 atom stereocenters. The van der Waals surface area contributed by atoms with E-state index in [4.69, 9.17) is 9.05 Å². The molecule has 0 aliphatic rings. The summed E-state index contributed by atoms with van der Waals surface area (Å²) in [4.78, 5) is 23.1. The molecule has 0 saturated carbocycles. The minimum Gasteiger partial charge on any atom is -0.387 e. The molecule has 0 aromatic rings. The number of phosphoric acid groups is 1. The number of phosphoric ester groups is 1. The zero-order valence-electron chi connectivity index (χ0n) is 36.5. The topological polar surface area (TPSA) is 105 Å². The highest BCUT2D eigenvalue weighted by Gasteiger charge is 2.27. The second-order valence-electron chi connectivity index (χ2n) is 17.1. The van der Waals surface area contributed by atoms with Crippen LogP contribution in [0, 0.1) is 0 Å². The van der Waals surface area contributed by atoms with Crippen LogP contribution in [0.4, 0.5) is 0 Å². The number of hydrogen-bond donors (Lipinski definition) is 3. The standard InChI is InChI=1S/C45H91N2O6P/c1-6-8-10-12-14-16-18-20-22-23-25-26-28-30-32-34-36-38-44(48)43(42-53-54(50,51)52-41-40-47(3,4)5)46-45(49)39-37-35-33-31-29-27-24-21-19-17-15-13-11-9-7-2/h36,38,43-44,48H,6-35,37,39-42H2,1-5H3,(H-,46,49,50,51)/p+1/b38-36+/t43-,44+/m0/s1. The van der Waals surface area contributed by atoms with E-state index in [0.717, 1.165) is 32.1 Å². The average Bonchev–Trinajstić information content (AvgIpc) is 3.12. The van der Waals surface area contributed by atoms with E-state index in [9.17, 15) is 19.4 Å². The van der Waals surface area contributed by atoms with Crippen molar-refractivity contribution in [3.63, 3.8) is 0 Å². The molecule has 1 unspecified atom stereocenters. The second-order valence-corrected chi connectivity index (χ2v) is 18.6. The highest BCUT2D eigenvalue weighted by molar-refractivity contribution is 7.47. The molecule has 54 heavy (non-hydrogen) atoms. The lowest BCUT2D eigenvalue weighted by Gasteiger charge is -2.25. The fourth-order valence-electron chi connectivity index (χ4n) is 6.81. The van der Waals surface area contributed by atoms with Crippen molar-refractivity contribution >= 4 is 13.7 Å². The largest absolute Gasteiger partial charge is 0.472 e. The molecule has 0 fully saturated rings. The van der Waals surface area contributed by atoms with Gasteiger partial charge in [0.2, 0.25) is 5.91 Å². The number of carbonyl (C=O) groups is 1. The Kier molecular flexibility index (Phi) is 37.3. The summed E-state index contributed by atoms with van der Waals surface area (Å²) in [6.07, 6.45) is 42.7. The van der Waals surface area contributed by atoms with Gasteiger partial charge in [-0.05, 0) is 19.3 Å². The van der Waals surface area contributed by atoms with Crippen LogP contribution >= 0.6 is 7.82 Å². The molecule has 3 N–H and O–H groups in total. The zero-order chi connectivity index (χ0) is 40.0. The number of carbonyl (C=O) groups excluding carboxylic acids is 1. The van der Waals surface area contributed by atoms with E-state index < -0.39 is 20.0 Å². The van der Waals surface area contributed by atoms with Gasteiger partial charge in [-0.3, -0.25) is 13.8 Å². The molecule has 0 saturated heterocycles. The maximum absolute atomic E-state index is 12.9. The molecule has 0 radical (unpaired) electrons. The third-order valence-electron chi connectivity index (χ3n) is 10.5. The Morgan fingerprint density at radius 3 is 1.37 bits per heavy atom. The van der Waals surface area contributed by atoms with Crippen LogP contribution in [0.3, 0.4) is 0 Å². The first-order valence-corrected chi connectivity index (χ1v) is 24.6. The summed E-state index contributed by atoms with van der Waals surface area (Å²) in [6, 6.07) is -0.839. The third kappa shape index (κ3) is 39.5. The first-order valence-electron chi connectivity index (χ1n) is 23.1. The number of nitrogens with zero attached hydrogens (tertiary/aromatic N) is 1. The first-order chi connectivity index (χ1) is 26.0. The number of quaternary nitrogens is 1. The molecule has 0 spiro atoms. The van der Waals surface area contributed by atoms with E-state index in [1.807, 2.05) is 27.2 Å². The summed E-state index contributed by atoms with van der Waals surface area (Å²) in [6.45, 7) is 4.83. The Balaban J connectivity index is 4.38. The summed E-state index contributed by atoms with van der Waals surface area (Å²) in [5.41, 5.74) is 0. The van der Waals surface area contributed by atoms with Crippen molar-refractivity contribution < 1.29 is 32.9 Å². The van der Waals surface area contributed by atoms with Crippen LogP contribution in [0.25, 0.3) is 0 Å². The Hall–Kier alpha value is -0.760. The number of unbranched alkanes of at least 4 members (excludes halogenated alkanes) is 29. The van der Waals surface area contributed by atoms with E-state index in [1.165, 1.54) is 167 Å². The minimum atomic E-state index is -4.33. The number of allylic oxidation sites excluding steroid dienone is 1. The molecule has 0 aliphatic carbocycles.